The fourth-order valence-corrected chi connectivity index (χ4v) is 5.64. The minimum Gasteiger partial charge on any atom is -0.440 e. The summed E-state index contributed by atoms with van der Waals surface area (Å²) >= 11 is 1.32. The third-order valence-electron chi connectivity index (χ3n) is 6.89. The molecule has 2 atom stereocenters. The van der Waals surface area contributed by atoms with Gasteiger partial charge >= 0.3 is 0 Å². The number of carbonyl (C=O) groups excluding carboxylic acids is 2. The van der Waals surface area contributed by atoms with Crippen molar-refractivity contribution in [1.82, 2.24) is 24.8 Å². The zero-order valence-electron chi connectivity index (χ0n) is 22.0. The van der Waals surface area contributed by atoms with Crippen molar-refractivity contribution in [2.45, 2.75) is 51.9 Å². The number of carbonyl (C=O) groups is 2. The predicted molar refractivity (Wildman–Crippen MR) is 151 cm³/mol. The Morgan fingerprint density at radius 3 is 2.92 bits per heavy atom. The van der Waals surface area contributed by atoms with Crippen LogP contribution in [-0.4, -0.2) is 61.6 Å². The fraction of sp³-hybridized carbons (Fsp3) is 0.357. The van der Waals surface area contributed by atoms with Gasteiger partial charge in [0.1, 0.15) is 0 Å². The molecule has 2 unspecified atom stereocenters. The first-order chi connectivity index (χ1) is 18.9. The van der Waals surface area contributed by atoms with Crippen LogP contribution in [0.25, 0.3) is 21.7 Å². The van der Waals surface area contributed by atoms with Gasteiger partial charge in [-0.25, -0.2) is 9.97 Å². The SMILES string of the molecule is C=CC(=O)N1CCCC1Cn1c(NC(=O)c2ccc(-c3cnc(C)o3)s2)nc2cc(CNC(C)CO)ccc21. The lowest BCUT2D eigenvalue weighted by atomic mass is 10.1. The lowest BCUT2D eigenvalue weighted by Crippen LogP contribution is -2.37. The van der Waals surface area contributed by atoms with Crippen molar-refractivity contribution < 1.29 is 19.1 Å². The number of hydrogen-bond donors (Lipinski definition) is 3. The first kappa shape index (κ1) is 26.8. The summed E-state index contributed by atoms with van der Waals surface area (Å²) < 4.78 is 7.58. The molecular formula is C28H32N6O4S. The van der Waals surface area contributed by atoms with Crippen molar-refractivity contribution in [2.75, 3.05) is 18.5 Å². The standard InChI is InChI=1S/C28H32N6O4S/c1-4-26(36)33-11-5-6-20(33)15-34-22-8-7-19(13-29-17(2)16-35)12-21(22)31-28(34)32-27(37)25-10-9-24(39-25)23-14-30-18(3)38-23/h4,7-10,12,14,17,20,29,35H,1,5-6,11,13,15-16H2,2-3H3,(H,31,32,37). The molecule has 0 radical (unpaired) electrons. The van der Waals surface area contributed by atoms with Crippen LogP contribution >= 0.6 is 11.3 Å². The summed E-state index contributed by atoms with van der Waals surface area (Å²) in [6, 6.07) is 9.52. The lowest BCUT2D eigenvalue weighted by Gasteiger charge is -2.24. The molecule has 0 aliphatic carbocycles. The average molecular weight is 549 g/mol. The number of fused-ring (bicyclic) bond motifs is 1. The molecule has 39 heavy (non-hydrogen) atoms. The summed E-state index contributed by atoms with van der Waals surface area (Å²) in [5.41, 5.74) is 2.62. The third-order valence-corrected chi connectivity index (χ3v) is 7.99. The van der Waals surface area contributed by atoms with Crippen molar-refractivity contribution in [3.8, 4) is 10.6 Å². The number of rotatable bonds is 10. The summed E-state index contributed by atoms with van der Waals surface area (Å²) in [6.45, 7) is 9.15. The second kappa shape index (κ2) is 11.5. The first-order valence-electron chi connectivity index (χ1n) is 13.0. The maximum atomic E-state index is 13.3. The van der Waals surface area contributed by atoms with E-state index < -0.39 is 0 Å². The Labute approximate surface area is 230 Å². The van der Waals surface area contributed by atoms with Gasteiger partial charge in [-0.3, -0.25) is 14.9 Å². The number of amides is 2. The smallest absolute Gasteiger partial charge is 0.268 e. The van der Waals surface area contributed by atoms with Crippen LogP contribution in [0.1, 0.15) is 40.9 Å². The molecule has 4 heterocycles. The van der Waals surface area contributed by atoms with Crippen LogP contribution in [0.3, 0.4) is 0 Å². The van der Waals surface area contributed by atoms with Gasteiger partial charge in [-0.1, -0.05) is 12.6 Å². The molecule has 3 aromatic heterocycles. The molecule has 1 aliphatic rings. The van der Waals surface area contributed by atoms with E-state index in [9.17, 15) is 14.7 Å². The number of anilines is 1. The van der Waals surface area contributed by atoms with Gasteiger partial charge in [0.15, 0.2) is 11.7 Å². The molecule has 11 heteroatoms. The summed E-state index contributed by atoms with van der Waals surface area (Å²) in [5.74, 6) is 1.24. The maximum Gasteiger partial charge on any atom is 0.268 e. The van der Waals surface area contributed by atoms with E-state index in [0.717, 1.165) is 34.3 Å². The van der Waals surface area contributed by atoms with E-state index in [4.69, 9.17) is 9.40 Å². The number of oxazole rings is 1. The highest BCUT2D eigenvalue weighted by Crippen LogP contribution is 2.30. The van der Waals surface area contributed by atoms with Crippen LogP contribution in [0, 0.1) is 6.92 Å². The van der Waals surface area contributed by atoms with Gasteiger partial charge in [-0.05, 0) is 55.7 Å². The highest BCUT2D eigenvalue weighted by Gasteiger charge is 2.29. The van der Waals surface area contributed by atoms with Crippen LogP contribution in [0.5, 0.6) is 0 Å². The molecule has 0 saturated carbocycles. The Kier molecular flexibility index (Phi) is 7.92. The molecule has 1 fully saturated rings. The number of hydrogen-bond acceptors (Lipinski definition) is 8. The average Bonchev–Trinajstić information content (AvgIpc) is 3.74. The van der Waals surface area contributed by atoms with Gasteiger partial charge < -0.3 is 24.3 Å². The van der Waals surface area contributed by atoms with E-state index in [1.54, 1.807) is 19.2 Å². The Balaban J connectivity index is 1.44. The lowest BCUT2D eigenvalue weighted by molar-refractivity contribution is -0.126. The Bertz CT molecular complexity index is 1500. The van der Waals surface area contributed by atoms with E-state index in [2.05, 4.69) is 22.2 Å². The number of nitrogens with one attached hydrogen (secondary N) is 2. The number of likely N-dealkylation sites (tertiary alicyclic amines) is 1. The Morgan fingerprint density at radius 2 is 2.18 bits per heavy atom. The summed E-state index contributed by atoms with van der Waals surface area (Å²) in [7, 11) is 0. The number of benzene rings is 1. The number of aliphatic hydroxyl groups excluding tert-OH is 1. The second-order valence-electron chi connectivity index (χ2n) is 9.73. The highest BCUT2D eigenvalue weighted by atomic mass is 32.1. The third kappa shape index (κ3) is 5.80. The minimum absolute atomic E-state index is 0.0274. The zero-order chi connectivity index (χ0) is 27.5. The number of thiophene rings is 1. The largest absolute Gasteiger partial charge is 0.440 e. The van der Waals surface area contributed by atoms with Crippen molar-refractivity contribution in [2.24, 2.45) is 0 Å². The van der Waals surface area contributed by atoms with Gasteiger partial charge in [-0.15, -0.1) is 11.3 Å². The van der Waals surface area contributed by atoms with E-state index in [1.807, 2.05) is 40.7 Å². The van der Waals surface area contributed by atoms with E-state index in [1.165, 1.54) is 17.4 Å². The van der Waals surface area contributed by atoms with E-state index in [0.29, 0.717) is 42.1 Å². The number of aryl methyl sites for hydroxylation is 1. The fourth-order valence-electron chi connectivity index (χ4n) is 4.80. The molecular weight excluding hydrogens is 516 g/mol. The van der Waals surface area contributed by atoms with Crippen molar-refractivity contribution >= 4 is 40.1 Å². The van der Waals surface area contributed by atoms with Crippen LogP contribution in [-0.2, 0) is 17.9 Å². The van der Waals surface area contributed by atoms with Crippen molar-refractivity contribution in [1.29, 1.82) is 0 Å². The molecule has 0 bridgehead atoms. The Hall–Kier alpha value is -3.80. The highest BCUT2D eigenvalue weighted by molar-refractivity contribution is 7.17. The van der Waals surface area contributed by atoms with Crippen molar-refractivity contribution in [3.63, 3.8) is 0 Å². The molecule has 1 aromatic carbocycles. The molecule has 4 aromatic rings. The summed E-state index contributed by atoms with van der Waals surface area (Å²) in [4.78, 5) is 37.9. The van der Waals surface area contributed by atoms with Gasteiger partial charge in [0.05, 0.1) is 39.6 Å². The zero-order valence-corrected chi connectivity index (χ0v) is 22.8. The molecule has 0 spiro atoms. The molecule has 3 N–H and O–H groups in total. The Morgan fingerprint density at radius 1 is 1.33 bits per heavy atom. The normalized spacial score (nSPS) is 16.1. The van der Waals surface area contributed by atoms with Crippen LogP contribution in [0.15, 0.2) is 53.6 Å². The van der Waals surface area contributed by atoms with E-state index >= 15 is 0 Å². The molecule has 204 valence electrons. The topological polar surface area (TPSA) is 126 Å². The number of imidazole rings is 1. The second-order valence-corrected chi connectivity index (χ2v) is 10.8. The van der Waals surface area contributed by atoms with Gasteiger partial charge in [0.25, 0.3) is 5.91 Å². The quantitative estimate of drug-likeness (QED) is 0.256. The van der Waals surface area contributed by atoms with Gasteiger partial charge in [-0.2, -0.15) is 0 Å². The minimum atomic E-state index is -0.275. The molecule has 10 nitrogen and oxygen atoms in total. The number of aromatic nitrogens is 3. The molecule has 5 rings (SSSR count). The molecule has 1 aliphatic heterocycles. The predicted octanol–water partition coefficient (Wildman–Crippen LogP) is 3.96. The first-order valence-corrected chi connectivity index (χ1v) is 13.8. The molecule has 2 amide bonds. The van der Waals surface area contributed by atoms with E-state index in [-0.39, 0.29) is 30.5 Å². The monoisotopic (exact) mass is 548 g/mol. The molecule has 1 saturated heterocycles. The maximum absolute atomic E-state index is 13.3. The number of aliphatic hydroxyl groups is 1. The van der Waals surface area contributed by atoms with Crippen molar-refractivity contribution in [3.05, 3.63) is 65.5 Å². The van der Waals surface area contributed by atoms with Gasteiger partial charge in [0, 0.05) is 32.6 Å². The van der Waals surface area contributed by atoms with Crippen LogP contribution < -0.4 is 10.6 Å². The number of nitrogens with zero attached hydrogens (tertiary/aromatic N) is 4. The van der Waals surface area contributed by atoms with Crippen LogP contribution in [0.4, 0.5) is 5.95 Å². The summed E-state index contributed by atoms with van der Waals surface area (Å²) in [5, 5.41) is 15.6. The van der Waals surface area contributed by atoms with Crippen LogP contribution in [0.2, 0.25) is 0 Å². The summed E-state index contributed by atoms with van der Waals surface area (Å²) in [6.07, 6.45) is 4.77. The van der Waals surface area contributed by atoms with Gasteiger partial charge in [0.2, 0.25) is 11.9 Å².